The van der Waals surface area contributed by atoms with Crippen LogP contribution in [0, 0.1) is 6.92 Å². The molecule has 0 aromatic carbocycles. The van der Waals surface area contributed by atoms with E-state index in [2.05, 4.69) is 22.2 Å². The van der Waals surface area contributed by atoms with Gasteiger partial charge in [-0.3, -0.25) is 0 Å². The molecule has 0 aliphatic rings. The van der Waals surface area contributed by atoms with Crippen molar-refractivity contribution in [1.29, 1.82) is 0 Å². The zero-order valence-corrected chi connectivity index (χ0v) is 8.54. The van der Waals surface area contributed by atoms with Gasteiger partial charge in [0.1, 0.15) is 5.82 Å². The second kappa shape index (κ2) is 4.92. The van der Waals surface area contributed by atoms with E-state index < -0.39 is 0 Å². The highest BCUT2D eigenvalue weighted by molar-refractivity contribution is 5.03. The molecular formula is C10H17N3. The smallest absolute Gasteiger partial charge is 0.125 e. The molecule has 72 valence electrons. The van der Waals surface area contributed by atoms with Crippen molar-refractivity contribution < 1.29 is 0 Å². The zero-order chi connectivity index (χ0) is 9.68. The van der Waals surface area contributed by atoms with Gasteiger partial charge in [0.25, 0.3) is 0 Å². The lowest BCUT2D eigenvalue weighted by Crippen LogP contribution is -2.27. The molecule has 0 bridgehead atoms. The Hall–Kier alpha value is -0.960. The maximum Gasteiger partial charge on any atom is 0.125 e. The number of likely N-dealkylation sites (N-methyl/N-ethyl adjacent to an activating group) is 1. The monoisotopic (exact) mass is 179 g/mol. The lowest BCUT2D eigenvalue weighted by atomic mass is 10.1. The summed E-state index contributed by atoms with van der Waals surface area (Å²) in [6, 6.07) is 2.50. The Labute approximate surface area is 79.6 Å². The van der Waals surface area contributed by atoms with E-state index in [1.165, 1.54) is 0 Å². The maximum atomic E-state index is 4.36. The SMILES string of the molecule is CCC(Cc1ccnc(C)n1)NC. The van der Waals surface area contributed by atoms with Crippen molar-refractivity contribution in [1.82, 2.24) is 15.3 Å². The van der Waals surface area contributed by atoms with Gasteiger partial charge in [0.05, 0.1) is 0 Å². The predicted octanol–water partition coefficient (Wildman–Crippen LogP) is 1.33. The van der Waals surface area contributed by atoms with Gasteiger partial charge in [0.15, 0.2) is 0 Å². The number of nitrogens with one attached hydrogen (secondary N) is 1. The Bertz CT molecular complexity index is 256. The fraction of sp³-hybridized carbons (Fsp3) is 0.600. The van der Waals surface area contributed by atoms with Gasteiger partial charge in [-0.15, -0.1) is 0 Å². The number of aromatic nitrogens is 2. The zero-order valence-electron chi connectivity index (χ0n) is 8.54. The molecule has 0 spiro atoms. The second-order valence-corrected chi connectivity index (χ2v) is 3.19. The topological polar surface area (TPSA) is 37.8 Å². The molecule has 0 amide bonds. The molecule has 0 aliphatic heterocycles. The lowest BCUT2D eigenvalue weighted by Gasteiger charge is -2.12. The third-order valence-corrected chi connectivity index (χ3v) is 2.19. The van der Waals surface area contributed by atoms with Crippen LogP contribution in [0.3, 0.4) is 0 Å². The summed E-state index contributed by atoms with van der Waals surface area (Å²) in [5.74, 6) is 0.850. The number of aryl methyl sites for hydroxylation is 1. The van der Waals surface area contributed by atoms with Crippen molar-refractivity contribution >= 4 is 0 Å². The molecule has 1 rings (SSSR count). The first-order valence-corrected chi connectivity index (χ1v) is 4.72. The fourth-order valence-electron chi connectivity index (χ4n) is 1.32. The predicted molar refractivity (Wildman–Crippen MR) is 53.6 cm³/mol. The summed E-state index contributed by atoms with van der Waals surface area (Å²) in [4.78, 5) is 8.43. The second-order valence-electron chi connectivity index (χ2n) is 3.19. The molecule has 1 aromatic heterocycles. The molecule has 13 heavy (non-hydrogen) atoms. The third-order valence-electron chi connectivity index (χ3n) is 2.19. The average Bonchev–Trinajstić information content (AvgIpc) is 2.14. The minimum Gasteiger partial charge on any atom is -0.317 e. The van der Waals surface area contributed by atoms with Gasteiger partial charge in [-0.25, -0.2) is 9.97 Å². The van der Waals surface area contributed by atoms with Crippen LogP contribution in [0.2, 0.25) is 0 Å². The van der Waals surface area contributed by atoms with Crippen LogP contribution in [-0.4, -0.2) is 23.1 Å². The molecule has 1 aromatic rings. The van der Waals surface area contributed by atoms with Gasteiger partial charge in [0.2, 0.25) is 0 Å². The van der Waals surface area contributed by atoms with E-state index in [0.29, 0.717) is 6.04 Å². The van der Waals surface area contributed by atoms with Gasteiger partial charge < -0.3 is 5.32 Å². The van der Waals surface area contributed by atoms with E-state index in [1.807, 2.05) is 26.2 Å². The maximum absolute atomic E-state index is 4.36. The Balaban J connectivity index is 2.62. The van der Waals surface area contributed by atoms with E-state index >= 15 is 0 Å². The largest absolute Gasteiger partial charge is 0.317 e. The van der Waals surface area contributed by atoms with Crippen LogP contribution in [0.25, 0.3) is 0 Å². The highest BCUT2D eigenvalue weighted by Crippen LogP contribution is 2.02. The minimum absolute atomic E-state index is 0.522. The van der Waals surface area contributed by atoms with E-state index in [0.717, 1.165) is 24.4 Å². The van der Waals surface area contributed by atoms with Crippen LogP contribution < -0.4 is 5.32 Å². The molecule has 0 saturated carbocycles. The molecule has 3 heteroatoms. The quantitative estimate of drug-likeness (QED) is 0.757. The fourth-order valence-corrected chi connectivity index (χ4v) is 1.32. The van der Waals surface area contributed by atoms with Gasteiger partial charge in [-0.1, -0.05) is 6.92 Å². The van der Waals surface area contributed by atoms with Gasteiger partial charge in [-0.05, 0) is 26.5 Å². The molecule has 1 atom stereocenters. The highest BCUT2D eigenvalue weighted by atomic mass is 14.9. The number of hydrogen-bond donors (Lipinski definition) is 1. The molecule has 0 fully saturated rings. The van der Waals surface area contributed by atoms with Crippen molar-refractivity contribution in [3.05, 3.63) is 23.8 Å². The van der Waals surface area contributed by atoms with Crippen LogP contribution in [-0.2, 0) is 6.42 Å². The third kappa shape index (κ3) is 3.11. The van der Waals surface area contributed by atoms with Crippen LogP contribution in [0.4, 0.5) is 0 Å². The van der Waals surface area contributed by atoms with E-state index in [9.17, 15) is 0 Å². The summed E-state index contributed by atoms with van der Waals surface area (Å²) in [5, 5.41) is 3.26. The molecular weight excluding hydrogens is 162 g/mol. The highest BCUT2D eigenvalue weighted by Gasteiger charge is 2.05. The first-order chi connectivity index (χ1) is 6.26. The number of rotatable bonds is 4. The van der Waals surface area contributed by atoms with Crippen molar-refractivity contribution in [3.8, 4) is 0 Å². The molecule has 1 N–H and O–H groups in total. The van der Waals surface area contributed by atoms with Crippen molar-refractivity contribution in [2.45, 2.75) is 32.7 Å². The minimum atomic E-state index is 0.522. The number of hydrogen-bond acceptors (Lipinski definition) is 3. The first-order valence-electron chi connectivity index (χ1n) is 4.72. The summed E-state index contributed by atoms with van der Waals surface area (Å²) in [6.07, 6.45) is 3.93. The van der Waals surface area contributed by atoms with Crippen LogP contribution >= 0.6 is 0 Å². The Morgan fingerprint density at radius 2 is 2.31 bits per heavy atom. The van der Waals surface area contributed by atoms with Crippen LogP contribution in [0.1, 0.15) is 24.9 Å². The van der Waals surface area contributed by atoms with Gasteiger partial charge in [0, 0.05) is 24.4 Å². The summed E-state index contributed by atoms with van der Waals surface area (Å²) in [6.45, 7) is 4.10. The van der Waals surface area contributed by atoms with E-state index in [-0.39, 0.29) is 0 Å². The Morgan fingerprint density at radius 1 is 1.54 bits per heavy atom. The first kappa shape index (κ1) is 10.1. The molecule has 0 aliphatic carbocycles. The molecule has 0 saturated heterocycles. The van der Waals surface area contributed by atoms with Crippen molar-refractivity contribution in [2.24, 2.45) is 0 Å². The van der Waals surface area contributed by atoms with Crippen molar-refractivity contribution in [3.63, 3.8) is 0 Å². The van der Waals surface area contributed by atoms with Crippen molar-refractivity contribution in [2.75, 3.05) is 7.05 Å². The molecule has 1 unspecified atom stereocenters. The van der Waals surface area contributed by atoms with E-state index in [1.54, 1.807) is 0 Å². The average molecular weight is 179 g/mol. The van der Waals surface area contributed by atoms with Crippen LogP contribution in [0.5, 0.6) is 0 Å². The molecule has 1 heterocycles. The number of nitrogens with zero attached hydrogens (tertiary/aromatic N) is 2. The molecule has 0 radical (unpaired) electrons. The summed E-state index contributed by atoms with van der Waals surface area (Å²) >= 11 is 0. The van der Waals surface area contributed by atoms with E-state index in [4.69, 9.17) is 0 Å². The lowest BCUT2D eigenvalue weighted by molar-refractivity contribution is 0.536. The molecule has 3 nitrogen and oxygen atoms in total. The summed E-state index contributed by atoms with van der Waals surface area (Å²) in [7, 11) is 1.99. The standard InChI is InChI=1S/C10H17N3/c1-4-9(11-3)7-10-5-6-12-8(2)13-10/h5-6,9,11H,4,7H2,1-3H3. The summed E-state index contributed by atoms with van der Waals surface area (Å²) < 4.78 is 0. The normalized spacial score (nSPS) is 12.8. The van der Waals surface area contributed by atoms with Gasteiger partial charge in [-0.2, -0.15) is 0 Å². The Kier molecular flexibility index (Phi) is 3.83. The Morgan fingerprint density at radius 3 is 2.85 bits per heavy atom. The van der Waals surface area contributed by atoms with Crippen LogP contribution in [0.15, 0.2) is 12.3 Å². The summed E-state index contributed by atoms with van der Waals surface area (Å²) in [5.41, 5.74) is 1.12. The van der Waals surface area contributed by atoms with Gasteiger partial charge >= 0.3 is 0 Å².